The number of nitrogens with one attached hydrogen (secondary N) is 2. The Labute approximate surface area is 130 Å². The lowest BCUT2D eigenvalue weighted by Crippen LogP contribution is -2.23. The van der Waals surface area contributed by atoms with Gasteiger partial charge < -0.3 is 16.4 Å². The van der Waals surface area contributed by atoms with Gasteiger partial charge in [-0.15, -0.1) is 17.9 Å². The number of anilines is 2. The average Bonchev–Trinajstić information content (AvgIpc) is 3.21. The van der Waals surface area contributed by atoms with E-state index in [4.69, 9.17) is 5.73 Å². The summed E-state index contributed by atoms with van der Waals surface area (Å²) in [5.74, 6) is 0.937. The minimum Gasteiger partial charge on any atom is -0.397 e. The second-order valence-corrected chi connectivity index (χ2v) is 7.06. The van der Waals surface area contributed by atoms with Crippen molar-refractivity contribution in [2.24, 2.45) is 5.92 Å². The molecule has 0 aliphatic heterocycles. The summed E-state index contributed by atoms with van der Waals surface area (Å²) < 4.78 is 0. The maximum Gasteiger partial charge on any atom is 0.263 e. The molecular weight excluding hydrogens is 282 g/mol. The molecule has 1 aromatic heterocycles. The van der Waals surface area contributed by atoms with Crippen LogP contribution in [0.25, 0.3) is 0 Å². The first kappa shape index (κ1) is 15.9. The van der Waals surface area contributed by atoms with Crippen LogP contribution in [-0.4, -0.2) is 18.5 Å². The molecule has 21 heavy (non-hydrogen) atoms. The van der Waals surface area contributed by atoms with Crippen molar-refractivity contribution in [2.45, 2.75) is 45.6 Å². The van der Waals surface area contributed by atoms with Gasteiger partial charge in [-0.2, -0.15) is 0 Å². The van der Waals surface area contributed by atoms with Gasteiger partial charge in [0.15, 0.2) is 0 Å². The Hall–Kier alpha value is -1.49. The van der Waals surface area contributed by atoms with Crippen molar-refractivity contribution in [3.8, 4) is 0 Å². The van der Waals surface area contributed by atoms with Gasteiger partial charge in [0.1, 0.15) is 4.88 Å². The molecule has 0 spiro atoms. The lowest BCUT2D eigenvalue weighted by molar-refractivity contribution is 0.0963. The predicted molar refractivity (Wildman–Crippen MR) is 91.2 cm³/mol. The molecule has 1 aliphatic rings. The van der Waals surface area contributed by atoms with Crippen molar-refractivity contribution in [1.82, 2.24) is 5.32 Å². The van der Waals surface area contributed by atoms with Gasteiger partial charge in [0.05, 0.1) is 10.7 Å². The van der Waals surface area contributed by atoms with Crippen LogP contribution in [-0.2, 0) is 0 Å². The lowest BCUT2D eigenvalue weighted by atomic mass is 10.1. The predicted octanol–water partition coefficient (Wildman–Crippen LogP) is 3.58. The van der Waals surface area contributed by atoms with E-state index >= 15 is 0 Å². The van der Waals surface area contributed by atoms with Crippen molar-refractivity contribution >= 4 is 27.9 Å². The van der Waals surface area contributed by atoms with E-state index in [-0.39, 0.29) is 5.91 Å². The Balaban J connectivity index is 2.27. The number of carbonyl (C=O) groups excluding carboxylic acids is 1. The van der Waals surface area contributed by atoms with Gasteiger partial charge in [-0.05, 0) is 31.6 Å². The van der Waals surface area contributed by atoms with Gasteiger partial charge in [-0.3, -0.25) is 4.79 Å². The van der Waals surface area contributed by atoms with Crippen LogP contribution in [0, 0.1) is 5.92 Å². The van der Waals surface area contributed by atoms with Crippen molar-refractivity contribution in [1.29, 1.82) is 0 Å². The van der Waals surface area contributed by atoms with Gasteiger partial charge >= 0.3 is 0 Å². The maximum atomic E-state index is 12.2. The molecule has 1 heterocycles. The third-order valence-electron chi connectivity index (χ3n) is 3.94. The van der Waals surface area contributed by atoms with Crippen LogP contribution in [0.4, 0.5) is 10.7 Å². The second kappa shape index (κ2) is 6.52. The highest BCUT2D eigenvalue weighted by Gasteiger charge is 2.33. The van der Waals surface area contributed by atoms with Crippen molar-refractivity contribution in [2.75, 3.05) is 17.6 Å². The summed E-state index contributed by atoms with van der Waals surface area (Å²) in [6, 6.07) is 0.352. The van der Waals surface area contributed by atoms with Crippen LogP contribution >= 0.6 is 11.3 Å². The van der Waals surface area contributed by atoms with Crippen molar-refractivity contribution < 1.29 is 4.79 Å². The molecule has 4 N–H and O–H groups in total. The third kappa shape index (κ3) is 3.59. The fourth-order valence-electron chi connectivity index (χ4n) is 2.13. The first-order valence-corrected chi connectivity index (χ1v) is 8.35. The van der Waals surface area contributed by atoms with Gasteiger partial charge in [0.2, 0.25) is 0 Å². The number of hydrogen-bond donors (Lipinski definition) is 3. The van der Waals surface area contributed by atoms with Gasteiger partial charge in [-0.25, -0.2) is 0 Å². The molecule has 0 aromatic carbocycles. The van der Waals surface area contributed by atoms with Crippen molar-refractivity contribution in [3.63, 3.8) is 0 Å². The van der Waals surface area contributed by atoms with E-state index in [9.17, 15) is 4.79 Å². The summed E-state index contributed by atoms with van der Waals surface area (Å²) in [4.78, 5) is 12.8. The highest BCUT2D eigenvalue weighted by atomic mass is 32.1. The minimum atomic E-state index is -0.107. The SMILES string of the molecule is C=CCNC(=O)c1sc(NC(C)C(C)C)c(C2CC2)c1N. The molecule has 1 aliphatic carbocycles. The number of carbonyl (C=O) groups is 1. The highest BCUT2D eigenvalue weighted by Crippen LogP contribution is 2.51. The number of nitrogens with two attached hydrogens (primary N) is 1. The molecule has 1 amide bonds. The molecule has 1 saturated carbocycles. The molecule has 1 aromatic rings. The zero-order valence-electron chi connectivity index (χ0n) is 13.0. The van der Waals surface area contributed by atoms with Crippen LogP contribution in [0.5, 0.6) is 0 Å². The normalized spacial score (nSPS) is 15.8. The molecule has 2 rings (SSSR count). The van der Waals surface area contributed by atoms with Crippen LogP contribution < -0.4 is 16.4 Å². The molecule has 0 bridgehead atoms. The Morgan fingerprint density at radius 1 is 1.48 bits per heavy atom. The molecule has 0 saturated heterocycles. The van der Waals surface area contributed by atoms with Gasteiger partial charge in [0, 0.05) is 18.2 Å². The quantitative estimate of drug-likeness (QED) is 0.674. The van der Waals surface area contributed by atoms with Crippen LogP contribution in [0.1, 0.15) is 54.8 Å². The zero-order chi connectivity index (χ0) is 15.6. The third-order valence-corrected chi connectivity index (χ3v) is 5.09. The van der Waals surface area contributed by atoms with E-state index in [0.29, 0.717) is 35.0 Å². The highest BCUT2D eigenvalue weighted by molar-refractivity contribution is 7.18. The number of amides is 1. The van der Waals surface area contributed by atoms with E-state index in [0.717, 1.165) is 10.6 Å². The molecule has 1 unspecified atom stereocenters. The first-order valence-electron chi connectivity index (χ1n) is 7.53. The monoisotopic (exact) mass is 307 g/mol. The Bertz CT molecular complexity index is 532. The zero-order valence-corrected chi connectivity index (χ0v) is 13.8. The molecule has 116 valence electrons. The van der Waals surface area contributed by atoms with Crippen LogP contribution in [0.15, 0.2) is 12.7 Å². The summed E-state index contributed by atoms with van der Waals surface area (Å²) in [6.07, 6.45) is 4.00. The maximum absolute atomic E-state index is 12.2. The molecule has 1 atom stereocenters. The van der Waals surface area contributed by atoms with Gasteiger partial charge in [-0.1, -0.05) is 19.9 Å². The largest absolute Gasteiger partial charge is 0.397 e. The Morgan fingerprint density at radius 3 is 2.67 bits per heavy atom. The Kier molecular flexibility index (Phi) is 4.93. The molecular formula is C16H25N3OS. The molecule has 1 fully saturated rings. The summed E-state index contributed by atoms with van der Waals surface area (Å²) in [6.45, 7) is 10.6. The topological polar surface area (TPSA) is 67.2 Å². The van der Waals surface area contributed by atoms with Crippen LogP contribution in [0.2, 0.25) is 0 Å². The van der Waals surface area contributed by atoms with E-state index in [2.05, 4.69) is 38.0 Å². The standard InChI is InChI=1S/C16H25N3OS/c1-5-8-18-15(20)14-13(17)12(11-6-7-11)16(21-14)19-10(4)9(2)3/h5,9-11,19H,1,6-8,17H2,2-4H3,(H,18,20). The number of rotatable bonds is 7. The fraction of sp³-hybridized carbons (Fsp3) is 0.562. The molecule has 4 nitrogen and oxygen atoms in total. The van der Waals surface area contributed by atoms with Crippen LogP contribution in [0.3, 0.4) is 0 Å². The smallest absolute Gasteiger partial charge is 0.263 e. The number of thiophene rings is 1. The van der Waals surface area contributed by atoms with Crippen molar-refractivity contribution in [3.05, 3.63) is 23.1 Å². The summed E-state index contributed by atoms with van der Waals surface area (Å²) in [5, 5.41) is 7.42. The number of hydrogen-bond acceptors (Lipinski definition) is 4. The van der Waals surface area contributed by atoms with Gasteiger partial charge in [0.25, 0.3) is 5.91 Å². The first-order chi connectivity index (χ1) is 9.95. The van der Waals surface area contributed by atoms with E-state index < -0.39 is 0 Å². The Morgan fingerprint density at radius 2 is 2.14 bits per heavy atom. The summed E-state index contributed by atoms with van der Waals surface area (Å²) in [7, 11) is 0. The summed E-state index contributed by atoms with van der Waals surface area (Å²) in [5.41, 5.74) is 8.06. The second-order valence-electron chi connectivity index (χ2n) is 6.04. The molecule has 5 heteroatoms. The number of nitrogen functional groups attached to an aromatic ring is 1. The minimum absolute atomic E-state index is 0.107. The van der Waals surface area contributed by atoms with E-state index in [1.165, 1.54) is 24.2 Å². The van der Waals surface area contributed by atoms with E-state index in [1.54, 1.807) is 6.08 Å². The van der Waals surface area contributed by atoms with E-state index in [1.807, 2.05) is 0 Å². The average molecular weight is 307 g/mol. The lowest BCUT2D eigenvalue weighted by Gasteiger charge is -2.18. The molecule has 0 radical (unpaired) electrons. The fourth-order valence-corrected chi connectivity index (χ4v) is 3.35. The summed E-state index contributed by atoms with van der Waals surface area (Å²) >= 11 is 1.48.